The largest absolute Gasteiger partial charge is 0.397 e. The molecule has 18 heavy (non-hydrogen) atoms. The lowest BCUT2D eigenvalue weighted by Gasteiger charge is -2.15. The standard InChI is InChI=1S/C14H25N3O/c1-4-6-7-11(5-2)9-16-14(18)13-8-12(15)10-17(13)3/h8,10-11H,4-7,9,15H2,1-3H3,(H,16,18). The number of hydrogen-bond acceptors (Lipinski definition) is 2. The lowest BCUT2D eigenvalue weighted by Crippen LogP contribution is -2.30. The molecule has 1 unspecified atom stereocenters. The van der Waals surface area contributed by atoms with Crippen LogP contribution in [0.1, 0.15) is 50.0 Å². The number of amides is 1. The van der Waals surface area contributed by atoms with Crippen LogP contribution in [0.25, 0.3) is 0 Å². The molecule has 1 atom stereocenters. The maximum atomic E-state index is 12.0. The van der Waals surface area contributed by atoms with E-state index in [2.05, 4.69) is 19.2 Å². The predicted molar refractivity (Wildman–Crippen MR) is 75.5 cm³/mol. The van der Waals surface area contributed by atoms with Gasteiger partial charge in [-0.3, -0.25) is 4.79 Å². The quantitative estimate of drug-likeness (QED) is 0.782. The Morgan fingerprint density at radius 3 is 2.72 bits per heavy atom. The molecule has 1 aromatic rings. The molecule has 0 radical (unpaired) electrons. The van der Waals surface area contributed by atoms with Crippen molar-refractivity contribution in [1.82, 2.24) is 9.88 Å². The van der Waals surface area contributed by atoms with Crippen molar-refractivity contribution in [3.63, 3.8) is 0 Å². The summed E-state index contributed by atoms with van der Waals surface area (Å²) in [5.41, 5.74) is 6.91. The van der Waals surface area contributed by atoms with Crippen LogP contribution in [0, 0.1) is 5.92 Å². The second-order valence-corrected chi connectivity index (χ2v) is 4.90. The van der Waals surface area contributed by atoms with Crippen molar-refractivity contribution >= 4 is 11.6 Å². The van der Waals surface area contributed by atoms with E-state index in [4.69, 9.17) is 5.73 Å². The summed E-state index contributed by atoms with van der Waals surface area (Å²) in [6.07, 6.45) is 6.48. The Morgan fingerprint density at radius 1 is 1.50 bits per heavy atom. The lowest BCUT2D eigenvalue weighted by molar-refractivity contribution is 0.0937. The highest BCUT2D eigenvalue weighted by Gasteiger charge is 2.12. The molecule has 0 aliphatic heterocycles. The number of nitrogens with zero attached hydrogens (tertiary/aromatic N) is 1. The molecular formula is C14H25N3O. The van der Waals surface area contributed by atoms with Crippen LogP contribution in [0.4, 0.5) is 5.69 Å². The van der Waals surface area contributed by atoms with Gasteiger partial charge in [-0.2, -0.15) is 0 Å². The first-order valence-electron chi connectivity index (χ1n) is 6.78. The molecule has 0 aliphatic rings. The van der Waals surface area contributed by atoms with Gasteiger partial charge >= 0.3 is 0 Å². The molecule has 1 aromatic heterocycles. The molecule has 3 N–H and O–H groups in total. The number of rotatable bonds is 7. The number of anilines is 1. The van der Waals surface area contributed by atoms with Crippen LogP contribution >= 0.6 is 0 Å². The van der Waals surface area contributed by atoms with Crippen LogP contribution in [0.5, 0.6) is 0 Å². The average Bonchev–Trinajstić information content (AvgIpc) is 2.68. The zero-order valence-electron chi connectivity index (χ0n) is 11.7. The predicted octanol–water partition coefficient (Wildman–Crippen LogP) is 2.55. The second-order valence-electron chi connectivity index (χ2n) is 4.90. The number of nitrogens with one attached hydrogen (secondary N) is 1. The monoisotopic (exact) mass is 251 g/mol. The van der Waals surface area contributed by atoms with E-state index in [0.717, 1.165) is 13.0 Å². The zero-order valence-corrected chi connectivity index (χ0v) is 11.7. The molecule has 0 fully saturated rings. The van der Waals surface area contributed by atoms with Gasteiger partial charge in [0.05, 0.1) is 5.69 Å². The van der Waals surface area contributed by atoms with Crippen molar-refractivity contribution in [3.8, 4) is 0 Å². The Hall–Kier alpha value is -1.45. The number of unbranched alkanes of at least 4 members (excludes halogenated alkanes) is 1. The molecule has 0 aliphatic carbocycles. The number of hydrogen-bond donors (Lipinski definition) is 2. The number of nitrogen functional groups attached to an aromatic ring is 1. The van der Waals surface area contributed by atoms with Gasteiger partial charge in [0, 0.05) is 19.8 Å². The maximum absolute atomic E-state index is 12.0. The van der Waals surface area contributed by atoms with E-state index in [1.165, 1.54) is 19.3 Å². The van der Waals surface area contributed by atoms with Gasteiger partial charge < -0.3 is 15.6 Å². The van der Waals surface area contributed by atoms with Crippen LogP contribution in [-0.2, 0) is 7.05 Å². The number of aryl methyl sites for hydroxylation is 1. The SMILES string of the molecule is CCCCC(CC)CNC(=O)c1cc(N)cn1C. The van der Waals surface area contributed by atoms with Crippen molar-refractivity contribution in [2.75, 3.05) is 12.3 Å². The van der Waals surface area contributed by atoms with Gasteiger partial charge in [-0.05, 0) is 18.4 Å². The van der Waals surface area contributed by atoms with E-state index >= 15 is 0 Å². The van der Waals surface area contributed by atoms with Crippen LogP contribution < -0.4 is 11.1 Å². The summed E-state index contributed by atoms with van der Waals surface area (Å²) in [5.74, 6) is 0.538. The minimum absolute atomic E-state index is 0.0378. The summed E-state index contributed by atoms with van der Waals surface area (Å²) in [4.78, 5) is 12.0. The van der Waals surface area contributed by atoms with Crippen LogP contribution in [0.3, 0.4) is 0 Å². The van der Waals surface area contributed by atoms with Crippen molar-refractivity contribution in [2.24, 2.45) is 13.0 Å². The molecule has 0 saturated carbocycles. The first kappa shape index (κ1) is 14.6. The van der Waals surface area contributed by atoms with Crippen LogP contribution in [0.2, 0.25) is 0 Å². The number of carbonyl (C=O) groups excluding carboxylic acids is 1. The molecule has 102 valence electrons. The van der Waals surface area contributed by atoms with Gasteiger partial charge in [-0.15, -0.1) is 0 Å². The highest BCUT2D eigenvalue weighted by Crippen LogP contribution is 2.12. The molecule has 0 aromatic carbocycles. The first-order chi connectivity index (χ1) is 8.58. The van der Waals surface area contributed by atoms with E-state index < -0.39 is 0 Å². The van der Waals surface area contributed by atoms with Crippen molar-refractivity contribution in [1.29, 1.82) is 0 Å². The first-order valence-corrected chi connectivity index (χ1v) is 6.78. The van der Waals surface area contributed by atoms with E-state index in [1.807, 2.05) is 7.05 Å². The van der Waals surface area contributed by atoms with E-state index in [0.29, 0.717) is 17.3 Å². The minimum Gasteiger partial charge on any atom is -0.397 e. The van der Waals surface area contributed by atoms with Gasteiger partial charge in [0.25, 0.3) is 5.91 Å². The summed E-state index contributed by atoms with van der Waals surface area (Å²) in [5, 5.41) is 3.00. The number of nitrogens with two attached hydrogens (primary N) is 1. The van der Waals surface area contributed by atoms with Gasteiger partial charge in [-0.1, -0.05) is 33.1 Å². The van der Waals surface area contributed by atoms with Crippen molar-refractivity contribution < 1.29 is 4.79 Å². The Kier molecular flexibility index (Phi) is 5.75. The minimum atomic E-state index is -0.0378. The zero-order chi connectivity index (χ0) is 13.5. The topological polar surface area (TPSA) is 60.1 Å². The maximum Gasteiger partial charge on any atom is 0.267 e. The van der Waals surface area contributed by atoms with E-state index in [1.54, 1.807) is 16.8 Å². The van der Waals surface area contributed by atoms with Crippen LogP contribution in [0.15, 0.2) is 12.3 Å². The summed E-state index contributed by atoms with van der Waals surface area (Å²) in [6.45, 7) is 5.12. The Bertz CT molecular complexity index is 384. The normalized spacial score (nSPS) is 12.4. The van der Waals surface area contributed by atoms with Gasteiger partial charge in [-0.25, -0.2) is 0 Å². The summed E-state index contributed by atoms with van der Waals surface area (Å²) < 4.78 is 1.76. The molecule has 1 rings (SSSR count). The highest BCUT2D eigenvalue weighted by atomic mass is 16.1. The fraction of sp³-hybridized carbons (Fsp3) is 0.643. The molecule has 0 spiro atoms. The third-order valence-electron chi connectivity index (χ3n) is 3.35. The fourth-order valence-electron chi connectivity index (χ4n) is 2.09. The van der Waals surface area contributed by atoms with Crippen molar-refractivity contribution in [2.45, 2.75) is 39.5 Å². The van der Waals surface area contributed by atoms with Gasteiger partial charge in [0.2, 0.25) is 0 Å². The average molecular weight is 251 g/mol. The third kappa shape index (κ3) is 4.09. The van der Waals surface area contributed by atoms with Crippen molar-refractivity contribution in [3.05, 3.63) is 18.0 Å². The molecule has 1 heterocycles. The van der Waals surface area contributed by atoms with Gasteiger partial charge in [0.1, 0.15) is 5.69 Å². The number of aromatic nitrogens is 1. The molecule has 0 bridgehead atoms. The fourth-order valence-corrected chi connectivity index (χ4v) is 2.09. The summed E-state index contributed by atoms with van der Waals surface area (Å²) in [7, 11) is 1.83. The molecule has 4 heteroatoms. The molecule has 1 amide bonds. The molecular weight excluding hydrogens is 226 g/mol. The second kappa shape index (κ2) is 7.09. The Balaban J connectivity index is 2.47. The summed E-state index contributed by atoms with van der Waals surface area (Å²) in [6, 6.07) is 1.71. The third-order valence-corrected chi connectivity index (χ3v) is 3.35. The van der Waals surface area contributed by atoms with E-state index in [-0.39, 0.29) is 5.91 Å². The summed E-state index contributed by atoms with van der Waals surface area (Å²) >= 11 is 0. The smallest absolute Gasteiger partial charge is 0.267 e. The lowest BCUT2D eigenvalue weighted by atomic mass is 9.99. The molecule has 0 saturated heterocycles. The molecule has 4 nitrogen and oxygen atoms in total. The highest BCUT2D eigenvalue weighted by molar-refractivity contribution is 5.93. The Morgan fingerprint density at radius 2 is 2.22 bits per heavy atom. The van der Waals surface area contributed by atoms with Crippen LogP contribution in [-0.4, -0.2) is 17.0 Å². The number of carbonyl (C=O) groups is 1. The van der Waals surface area contributed by atoms with Gasteiger partial charge in [0.15, 0.2) is 0 Å². The van der Waals surface area contributed by atoms with E-state index in [9.17, 15) is 4.79 Å². The Labute approximate surface area is 110 Å².